The smallest absolute Gasteiger partial charge is 0.231 e. The molecule has 0 radical (unpaired) electrons. The molecule has 5 heteroatoms. The fourth-order valence-electron chi connectivity index (χ4n) is 3.53. The highest BCUT2D eigenvalue weighted by Crippen LogP contribution is 2.44. The molecule has 1 saturated carbocycles. The van der Waals surface area contributed by atoms with Crippen molar-refractivity contribution >= 4 is 17.3 Å². The van der Waals surface area contributed by atoms with Gasteiger partial charge in [-0.2, -0.15) is 0 Å². The predicted molar refractivity (Wildman–Crippen MR) is 79.4 cm³/mol. The molecule has 1 amide bonds. The van der Waals surface area contributed by atoms with Crippen LogP contribution >= 0.6 is 0 Å². The van der Waals surface area contributed by atoms with Gasteiger partial charge < -0.3 is 0 Å². The first-order valence-electron chi connectivity index (χ1n) is 7.83. The molecule has 1 aromatic rings. The maximum Gasteiger partial charge on any atom is 0.231 e. The number of hydrazine groups is 1. The Hall–Kier alpha value is -1.62. The van der Waals surface area contributed by atoms with Crippen LogP contribution in [-0.2, 0) is 4.79 Å². The average molecular weight is 289 g/mol. The molecule has 112 valence electrons. The van der Waals surface area contributed by atoms with Crippen LogP contribution in [-0.4, -0.2) is 30.2 Å². The van der Waals surface area contributed by atoms with Gasteiger partial charge in [0.1, 0.15) is 12.0 Å². The van der Waals surface area contributed by atoms with Crippen molar-refractivity contribution in [3.8, 4) is 0 Å². The first-order valence-corrected chi connectivity index (χ1v) is 7.83. The molecule has 2 fully saturated rings. The van der Waals surface area contributed by atoms with E-state index in [4.69, 9.17) is 0 Å². The van der Waals surface area contributed by atoms with Crippen molar-refractivity contribution in [2.45, 2.75) is 38.8 Å². The standard InChI is InChI=1S/C16H20FN3O/c1-11-19(16(21)12-4-5-12)15-10-13(17)6-7-14(15)20(11)18-8-2-3-9-18/h6-7,10-12H,2-5,8-9H2,1H3. The van der Waals surface area contributed by atoms with Gasteiger partial charge in [0.15, 0.2) is 0 Å². The van der Waals surface area contributed by atoms with Gasteiger partial charge in [0.05, 0.1) is 11.4 Å². The lowest BCUT2D eigenvalue weighted by Gasteiger charge is -2.35. The molecular weight excluding hydrogens is 269 g/mol. The number of fused-ring (bicyclic) bond motifs is 1. The summed E-state index contributed by atoms with van der Waals surface area (Å²) in [6.07, 6.45) is 4.23. The summed E-state index contributed by atoms with van der Waals surface area (Å²) in [6, 6.07) is 4.79. The van der Waals surface area contributed by atoms with Crippen LogP contribution in [0.2, 0.25) is 0 Å². The fourth-order valence-corrected chi connectivity index (χ4v) is 3.53. The average Bonchev–Trinajstić information content (AvgIpc) is 3.10. The van der Waals surface area contributed by atoms with Crippen molar-refractivity contribution < 1.29 is 9.18 Å². The van der Waals surface area contributed by atoms with E-state index in [0.717, 1.165) is 37.3 Å². The van der Waals surface area contributed by atoms with Gasteiger partial charge >= 0.3 is 0 Å². The molecule has 21 heavy (non-hydrogen) atoms. The minimum absolute atomic E-state index is 0.0620. The monoisotopic (exact) mass is 289 g/mol. The topological polar surface area (TPSA) is 26.8 Å². The molecule has 4 rings (SSSR count). The van der Waals surface area contributed by atoms with E-state index in [1.165, 1.54) is 25.0 Å². The molecule has 0 bridgehead atoms. The molecule has 1 aliphatic carbocycles. The molecule has 3 aliphatic rings. The number of halogens is 1. The van der Waals surface area contributed by atoms with Gasteiger partial charge in [-0.15, -0.1) is 0 Å². The highest BCUT2D eigenvalue weighted by Gasteiger charge is 2.44. The maximum atomic E-state index is 13.7. The van der Waals surface area contributed by atoms with Crippen molar-refractivity contribution in [1.29, 1.82) is 0 Å². The fraction of sp³-hybridized carbons (Fsp3) is 0.562. The lowest BCUT2D eigenvalue weighted by atomic mass is 10.2. The second kappa shape index (κ2) is 4.70. The van der Waals surface area contributed by atoms with Gasteiger partial charge in [0.2, 0.25) is 5.91 Å². The number of amides is 1. The molecule has 0 spiro atoms. The molecule has 1 atom stereocenters. The summed E-state index contributed by atoms with van der Waals surface area (Å²) in [5.74, 6) is 0.0101. The Labute approximate surface area is 124 Å². The van der Waals surface area contributed by atoms with Crippen LogP contribution in [0, 0.1) is 11.7 Å². The SMILES string of the molecule is CC1N(C(=O)C2CC2)c2cc(F)ccc2N1N1CCCC1. The number of rotatable bonds is 2. The van der Waals surface area contributed by atoms with E-state index in [1.54, 1.807) is 11.0 Å². The van der Waals surface area contributed by atoms with E-state index in [-0.39, 0.29) is 23.8 Å². The third-order valence-electron chi connectivity index (χ3n) is 4.72. The van der Waals surface area contributed by atoms with E-state index in [2.05, 4.69) is 10.0 Å². The van der Waals surface area contributed by atoms with Crippen LogP contribution in [0.1, 0.15) is 32.6 Å². The Morgan fingerprint density at radius 2 is 1.90 bits per heavy atom. The zero-order chi connectivity index (χ0) is 14.6. The summed E-state index contributed by atoms with van der Waals surface area (Å²) in [4.78, 5) is 14.4. The minimum atomic E-state index is -0.280. The number of nitrogens with zero attached hydrogens (tertiary/aromatic N) is 3. The van der Waals surface area contributed by atoms with Gasteiger partial charge in [0.25, 0.3) is 0 Å². The number of carbonyl (C=O) groups excluding carboxylic acids is 1. The molecule has 0 aromatic heterocycles. The lowest BCUT2D eigenvalue weighted by molar-refractivity contribution is -0.120. The van der Waals surface area contributed by atoms with Crippen LogP contribution in [0.15, 0.2) is 18.2 Å². The maximum absolute atomic E-state index is 13.7. The lowest BCUT2D eigenvalue weighted by Crippen LogP contribution is -2.51. The van der Waals surface area contributed by atoms with Crippen LogP contribution in [0.4, 0.5) is 15.8 Å². The molecule has 0 N–H and O–H groups in total. The number of hydrogen-bond acceptors (Lipinski definition) is 3. The van der Waals surface area contributed by atoms with Gasteiger partial charge in [-0.1, -0.05) is 0 Å². The Morgan fingerprint density at radius 1 is 1.19 bits per heavy atom. The van der Waals surface area contributed by atoms with Gasteiger partial charge in [0, 0.05) is 19.0 Å². The predicted octanol–water partition coefficient (Wildman–Crippen LogP) is 2.75. The normalized spacial score (nSPS) is 25.5. The van der Waals surface area contributed by atoms with Gasteiger partial charge in [-0.25, -0.2) is 9.40 Å². The molecule has 1 aromatic carbocycles. The first-order chi connectivity index (χ1) is 10.2. The Balaban J connectivity index is 1.75. The van der Waals surface area contributed by atoms with E-state index >= 15 is 0 Å². The van der Waals surface area contributed by atoms with Crippen LogP contribution in [0.5, 0.6) is 0 Å². The van der Waals surface area contributed by atoms with E-state index < -0.39 is 0 Å². The largest absolute Gasteiger partial charge is 0.288 e. The van der Waals surface area contributed by atoms with E-state index in [9.17, 15) is 9.18 Å². The number of anilines is 2. The molecule has 4 nitrogen and oxygen atoms in total. The minimum Gasteiger partial charge on any atom is -0.288 e. The summed E-state index contributed by atoms with van der Waals surface area (Å²) in [6.45, 7) is 4.05. The van der Waals surface area contributed by atoms with Crippen molar-refractivity contribution in [2.75, 3.05) is 23.0 Å². The second-order valence-electron chi connectivity index (χ2n) is 6.25. The molecule has 2 heterocycles. The van der Waals surface area contributed by atoms with Gasteiger partial charge in [-0.3, -0.25) is 14.7 Å². The third kappa shape index (κ3) is 2.02. The van der Waals surface area contributed by atoms with Crippen LogP contribution in [0.3, 0.4) is 0 Å². The number of hydrogen-bond donors (Lipinski definition) is 0. The van der Waals surface area contributed by atoms with Gasteiger partial charge in [-0.05, 0) is 50.8 Å². The molecule has 1 saturated heterocycles. The van der Waals surface area contributed by atoms with Crippen molar-refractivity contribution in [3.63, 3.8) is 0 Å². The Morgan fingerprint density at radius 3 is 2.57 bits per heavy atom. The van der Waals surface area contributed by atoms with Crippen LogP contribution in [0.25, 0.3) is 0 Å². The summed E-state index contributed by atoms with van der Waals surface area (Å²) in [5, 5.41) is 4.48. The van der Waals surface area contributed by atoms with E-state index in [1.807, 2.05) is 6.92 Å². The zero-order valence-electron chi connectivity index (χ0n) is 12.3. The molecule has 1 unspecified atom stereocenters. The van der Waals surface area contributed by atoms with Crippen molar-refractivity contribution in [2.24, 2.45) is 5.92 Å². The first kappa shape index (κ1) is 13.1. The van der Waals surface area contributed by atoms with Crippen LogP contribution < -0.4 is 9.91 Å². The van der Waals surface area contributed by atoms with Crippen molar-refractivity contribution in [1.82, 2.24) is 5.01 Å². The summed E-state index contributed by atoms with van der Waals surface area (Å²) in [7, 11) is 0. The third-order valence-corrected chi connectivity index (χ3v) is 4.72. The summed E-state index contributed by atoms with van der Waals surface area (Å²) < 4.78 is 13.7. The number of benzene rings is 1. The highest BCUT2D eigenvalue weighted by molar-refractivity contribution is 6.02. The zero-order valence-corrected chi connectivity index (χ0v) is 12.3. The number of carbonyl (C=O) groups is 1. The molecule has 2 aliphatic heterocycles. The molecular formula is C16H20FN3O. The Kier molecular flexibility index (Phi) is 2.92. The summed E-state index contributed by atoms with van der Waals surface area (Å²) in [5.41, 5.74) is 1.69. The second-order valence-corrected chi connectivity index (χ2v) is 6.25. The Bertz CT molecular complexity index is 581. The highest BCUT2D eigenvalue weighted by atomic mass is 19.1. The quantitative estimate of drug-likeness (QED) is 0.837. The van der Waals surface area contributed by atoms with Crippen molar-refractivity contribution in [3.05, 3.63) is 24.0 Å². The summed E-state index contributed by atoms with van der Waals surface area (Å²) >= 11 is 0. The van der Waals surface area contributed by atoms with E-state index in [0.29, 0.717) is 0 Å².